The van der Waals surface area contributed by atoms with E-state index in [2.05, 4.69) is 6.92 Å². The molecule has 0 aliphatic heterocycles. The van der Waals surface area contributed by atoms with Crippen molar-refractivity contribution in [2.24, 2.45) is 23.7 Å². The van der Waals surface area contributed by atoms with Gasteiger partial charge in [-0.05, 0) is 65.7 Å². The predicted molar refractivity (Wildman–Crippen MR) is 102 cm³/mol. The Balaban J connectivity index is 1.74. The van der Waals surface area contributed by atoms with Gasteiger partial charge in [0.15, 0.2) is 0 Å². The summed E-state index contributed by atoms with van der Waals surface area (Å²) in [6.45, 7) is 10.1. The van der Waals surface area contributed by atoms with E-state index in [1.54, 1.807) is 0 Å². The molecule has 148 valence electrons. The molecule has 0 N–H and O–H groups in total. The topological polar surface area (TPSA) is 60.4 Å². The van der Waals surface area contributed by atoms with E-state index in [1.165, 1.54) is 0 Å². The summed E-state index contributed by atoms with van der Waals surface area (Å²) >= 11 is 0. The van der Waals surface area contributed by atoms with Crippen LogP contribution in [0.1, 0.15) is 86.0 Å². The maximum absolute atomic E-state index is 12.4. The molecule has 4 heteroatoms. The zero-order valence-corrected chi connectivity index (χ0v) is 17.2. The normalized spacial score (nSPS) is 30.3. The lowest BCUT2D eigenvalue weighted by Crippen LogP contribution is -2.34. The maximum Gasteiger partial charge on any atom is 0.139 e. The van der Waals surface area contributed by atoms with Gasteiger partial charge in [-0.3, -0.25) is 14.4 Å². The van der Waals surface area contributed by atoms with Crippen molar-refractivity contribution in [3.63, 3.8) is 0 Å². The van der Waals surface area contributed by atoms with Gasteiger partial charge in [-0.2, -0.15) is 0 Å². The Hall–Kier alpha value is -1.03. The van der Waals surface area contributed by atoms with E-state index >= 15 is 0 Å². The van der Waals surface area contributed by atoms with Crippen LogP contribution in [-0.4, -0.2) is 29.1 Å². The number of ether oxygens (including phenoxy) is 1. The van der Waals surface area contributed by atoms with Crippen LogP contribution >= 0.6 is 0 Å². The largest absolute Gasteiger partial charge is 0.373 e. The second-order valence-corrected chi connectivity index (χ2v) is 9.43. The van der Waals surface area contributed by atoms with Crippen molar-refractivity contribution in [1.29, 1.82) is 0 Å². The molecular formula is C22H36O4. The minimum absolute atomic E-state index is 0.0678. The first-order chi connectivity index (χ1) is 12.1. The Morgan fingerprint density at radius 2 is 1.92 bits per heavy atom. The molecule has 0 amide bonds. The van der Waals surface area contributed by atoms with Gasteiger partial charge in [0.25, 0.3) is 0 Å². The molecule has 0 heterocycles. The third kappa shape index (κ3) is 5.73. The molecule has 2 fully saturated rings. The first-order valence-electron chi connectivity index (χ1n) is 10.3. The zero-order valence-electron chi connectivity index (χ0n) is 17.2. The standard InChI is InChI=1S/C22H36O4/c1-14-13-19-17(20(24)12-11-18(19)21(14)25)10-9-16(23)8-6-7-15(2)26-22(3,4)5/h14-15,17-19H,6-13H2,1-5H3/t14-,15-,17?,18?,19-/m1/s1. The van der Waals surface area contributed by atoms with E-state index < -0.39 is 0 Å². The van der Waals surface area contributed by atoms with Gasteiger partial charge in [-0.25, -0.2) is 0 Å². The SMILES string of the molecule is C[C@H](CCCC(=O)CCC1C(=O)CCC2C(=O)[C@H](C)C[C@H]12)OC(C)(C)C. The predicted octanol–water partition coefficient (Wildman–Crippen LogP) is 4.53. The van der Waals surface area contributed by atoms with Crippen LogP contribution in [0.3, 0.4) is 0 Å². The molecule has 26 heavy (non-hydrogen) atoms. The van der Waals surface area contributed by atoms with Crippen LogP contribution in [0.25, 0.3) is 0 Å². The van der Waals surface area contributed by atoms with Gasteiger partial charge in [0.05, 0.1) is 11.7 Å². The third-order valence-corrected chi connectivity index (χ3v) is 5.98. The van der Waals surface area contributed by atoms with E-state index in [0.717, 1.165) is 25.7 Å². The summed E-state index contributed by atoms with van der Waals surface area (Å²) in [5, 5.41) is 0. The second-order valence-electron chi connectivity index (χ2n) is 9.43. The van der Waals surface area contributed by atoms with Crippen LogP contribution in [0.5, 0.6) is 0 Å². The summed E-state index contributed by atoms with van der Waals surface area (Å²) in [4.78, 5) is 36.9. The minimum Gasteiger partial charge on any atom is -0.373 e. The number of Topliss-reactive ketones (excluding diaryl/α,β-unsaturated/α-hetero) is 3. The summed E-state index contributed by atoms with van der Waals surface area (Å²) in [5.41, 5.74) is -0.156. The number of hydrogen-bond acceptors (Lipinski definition) is 4. The van der Waals surface area contributed by atoms with Gasteiger partial charge < -0.3 is 4.74 Å². The highest BCUT2D eigenvalue weighted by Crippen LogP contribution is 2.46. The summed E-state index contributed by atoms with van der Waals surface area (Å²) < 4.78 is 5.87. The summed E-state index contributed by atoms with van der Waals surface area (Å²) in [5.74, 6) is 1.11. The van der Waals surface area contributed by atoms with Crippen LogP contribution in [0.2, 0.25) is 0 Å². The highest BCUT2D eigenvalue weighted by Gasteiger charge is 2.48. The quantitative estimate of drug-likeness (QED) is 0.635. The first-order valence-corrected chi connectivity index (χ1v) is 10.3. The number of carbonyl (C=O) groups is 3. The van der Waals surface area contributed by atoms with Crippen molar-refractivity contribution in [2.75, 3.05) is 0 Å². The minimum atomic E-state index is -0.156. The van der Waals surface area contributed by atoms with E-state index in [1.807, 2.05) is 27.7 Å². The summed E-state index contributed by atoms with van der Waals surface area (Å²) in [6, 6.07) is 0. The molecule has 0 aromatic heterocycles. The molecule has 5 atom stereocenters. The summed E-state index contributed by atoms with van der Waals surface area (Å²) in [6.07, 6.45) is 5.58. The fourth-order valence-electron chi connectivity index (χ4n) is 4.85. The average Bonchev–Trinajstić information content (AvgIpc) is 2.79. The molecule has 2 rings (SSSR count). The van der Waals surface area contributed by atoms with Crippen molar-refractivity contribution in [1.82, 2.24) is 0 Å². The Labute approximate surface area is 158 Å². The van der Waals surface area contributed by atoms with Crippen LogP contribution in [0, 0.1) is 23.7 Å². The highest BCUT2D eigenvalue weighted by atomic mass is 16.5. The molecular weight excluding hydrogens is 328 g/mol. The highest BCUT2D eigenvalue weighted by molar-refractivity contribution is 5.91. The average molecular weight is 365 g/mol. The molecule has 2 aliphatic rings. The van der Waals surface area contributed by atoms with E-state index in [-0.39, 0.29) is 46.9 Å². The van der Waals surface area contributed by atoms with Gasteiger partial charge in [0.1, 0.15) is 17.3 Å². The molecule has 0 bridgehead atoms. The molecule has 2 aliphatic carbocycles. The maximum atomic E-state index is 12.4. The zero-order chi connectivity index (χ0) is 19.5. The Morgan fingerprint density at radius 3 is 2.58 bits per heavy atom. The lowest BCUT2D eigenvalue weighted by atomic mass is 9.71. The first kappa shape index (κ1) is 21.3. The number of carbonyl (C=O) groups excluding carboxylic acids is 3. The van der Waals surface area contributed by atoms with Crippen molar-refractivity contribution in [2.45, 2.75) is 97.7 Å². The lowest BCUT2D eigenvalue weighted by Gasteiger charge is -2.31. The third-order valence-electron chi connectivity index (χ3n) is 5.98. The van der Waals surface area contributed by atoms with Crippen molar-refractivity contribution in [3.05, 3.63) is 0 Å². The second kappa shape index (κ2) is 8.77. The molecule has 2 unspecified atom stereocenters. The smallest absolute Gasteiger partial charge is 0.139 e. The number of fused-ring (bicyclic) bond motifs is 1. The Morgan fingerprint density at radius 1 is 1.23 bits per heavy atom. The molecule has 0 aromatic rings. The number of hydrogen-bond donors (Lipinski definition) is 0. The van der Waals surface area contributed by atoms with E-state index in [4.69, 9.17) is 4.74 Å². The van der Waals surface area contributed by atoms with Gasteiger partial charge in [-0.15, -0.1) is 0 Å². The summed E-state index contributed by atoms with van der Waals surface area (Å²) in [7, 11) is 0. The van der Waals surface area contributed by atoms with Crippen molar-refractivity contribution >= 4 is 17.3 Å². The fraction of sp³-hybridized carbons (Fsp3) is 0.864. The molecule has 2 saturated carbocycles. The van der Waals surface area contributed by atoms with Gasteiger partial charge in [0.2, 0.25) is 0 Å². The van der Waals surface area contributed by atoms with Crippen LogP contribution < -0.4 is 0 Å². The molecule has 0 spiro atoms. The van der Waals surface area contributed by atoms with E-state index in [9.17, 15) is 14.4 Å². The monoisotopic (exact) mass is 364 g/mol. The van der Waals surface area contributed by atoms with Crippen LogP contribution in [0.15, 0.2) is 0 Å². The van der Waals surface area contributed by atoms with Gasteiger partial charge in [-0.1, -0.05) is 6.92 Å². The van der Waals surface area contributed by atoms with E-state index in [0.29, 0.717) is 31.5 Å². The molecule has 0 saturated heterocycles. The number of rotatable bonds is 8. The van der Waals surface area contributed by atoms with Crippen molar-refractivity contribution in [3.8, 4) is 0 Å². The van der Waals surface area contributed by atoms with Gasteiger partial charge in [0, 0.05) is 37.0 Å². The lowest BCUT2D eigenvalue weighted by molar-refractivity contribution is -0.131. The Bertz CT molecular complexity index is 531. The molecule has 0 aromatic carbocycles. The van der Waals surface area contributed by atoms with Crippen molar-refractivity contribution < 1.29 is 19.1 Å². The molecule has 0 radical (unpaired) electrons. The Kier molecular flexibility index (Phi) is 7.18. The van der Waals surface area contributed by atoms with Crippen LogP contribution in [-0.2, 0) is 19.1 Å². The fourth-order valence-corrected chi connectivity index (χ4v) is 4.85. The number of ketones is 3. The van der Waals surface area contributed by atoms with Gasteiger partial charge >= 0.3 is 0 Å². The molecule has 4 nitrogen and oxygen atoms in total. The van der Waals surface area contributed by atoms with Crippen LogP contribution in [0.4, 0.5) is 0 Å².